The topological polar surface area (TPSA) is 85.0 Å². The highest BCUT2D eigenvalue weighted by Crippen LogP contribution is 2.44. The van der Waals surface area contributed by atoms with Gasteiger partial charge in [-0.15, -0.1) is 0 Å². The van der Waals surface area contributed by atoms with Crippen LogP contribution >= 0.6 is 0 Å². The SMILES string of the molecule is Cc1cccc(COc2ccccc2CN(CC[C@H](N)C(=O)O)C2CC(c3cccc(C)c3)Oc3ccccc32)c1. The lowest BCUT2D eigenvalue weighted by molar-refractivity contribution is -0.138. The van der Waals surface area contributed by atoms with Crippen molar-refractivity contribution in [3.05, 3.63) is 130 Å². The number of aliphatic carboxylic acids is 1. The van der Waals surface area contributed by atoms with E-state index in [9.17, 15) is 9.90 Å². The Bertz CT molecular complexity index is 1490. The lowest BCUT2D eigenvalue weighted by atomic mass is 9.90. The summed E-state index contributed by atoms with van der Waals surface area (Å²) in [4.78, 5) is 14.0. The Morgan fingerprint density at radius 1 is 0.976 bits per heavy atom. The molecule has 1 heterocycles. The van der Waals surface area contributed by atoms with Gasteiger partial charge in [-0.3, -0.25) is 9.69 Å². The fourth-order valence-corrected chi connectivity index (χ4v) is 5.55. The summed E-state index contributed by atoms with van der Waals surface area (Å²) in [6.07, 6.45) is 0.934. The molecular formula is C35H38N2O4. The summed E-state index contributed by atoms with van der Waals surface area (Å²) in [6, 6.07) is 32.1. The maximum absolute atomic E-state index is 11.6. The highest BCUT2D eigenvalue weighted by Gasteiger charge is 2.34. The molecular weight excluding hydrogens is 512 g/mol. The third-order valence-electron chi connectivity index (χ3n) is 7.71. The van der Waals surface area contributed by atoms with Crippen LogP contribution in [0.5, 0.6) is 11.5 Å². The second-order valence-electron chi connectivity index (χ2n) is 10.9. The highest BCUT2D eigenvalue weighted by atomic mass is 16.5. The molecule has 0 fully saturated rings. The normalized spacial score (nSPS) is 17.0. The first-order valence-corrected chi connectivity index (χ1v) is 14.2. The first-order valence-electron chi connectivity index (χ1n) is 14.2. The van der Waals surface area contributed by atoms with Crippen molar-refractivity contribution in [1.82, 2.24) is 4.90 Å². The molecule has 0 spiro atoms. The Labute approximate surface area is 242 Å². The Kier molecular flexibility index (Phi) is 9.02. The molecule has 6 heteroatoms. The van der Waals surface area contributed by atoms with E-state index in [1.54, 1.807) is 0 Å². The van der Waals surface area contributed by atoms with E-state index >= 15 is 0 Å². The number of hydrogen-bond donors (Lipinski definition) is 2. The second kappa shape index (κ2) is 13.0. The molecule has 0 aliphatic carbocycles. The van der Waals surface area contributed by atoms with Crippen LogP contribution in [0.2, 0.25) is 0 Å². The third kappa shape index (κ3) is 7.15. The Morgan fingerprint density at radius 2 is 1.71 bits per heavy atom. The van der Waals surface area contributed by atoms with Gasteiger partial charge in [-0.05, 0) is 43.5 Å². The molecule has 1 aliphatic rings. The molecule has 41 heavy (non-hydrogen) atoms. The Hall–Kier alpha value is -4.13. The number of nitrogens with two attached hydrogens (primary N) is 1. The number of nitrogens with zero attached hydrogens (tertiary/aromatic N) is 1. The van der Waals surface area contributed by atoms with Crippen molar-refractivity contribution in [2.45, 2.75) is 58.0 Å². The van der Waals surface area contributed by atoms with Gasteiger partial charge in [-0.2, -0.15) is 0 Å². The maximum atomic E-state index is 11.6. The number of para-hydroxylation sites is 2. The van der Waals surface area contributed by atoms with E-state index in [-0.39, 0.29) is 12.1 Å². The summed E-state index contributed by atoms with van der Waals surface area (Å²) in [7, 11) is 0. The van der Waals surface area contributed by atoms with Crippen LogP contribution in [0.1, 0.15) is 58.4 Å². The summed E-state index contributed by atoms with van der Waals surface area (Å²) < 4.78 is 12.9. The Balaban J connectivity index is 1.45. The average molecular weight is 551 g/mol. The summed E-state index contributed by atoms with van der Waals surface area (Å²) in [5.41, 5.74) is 12.8. The number of carboxylic acids is 1. The van der Waals surface area contributed by atoms with E-state index in [0.717, 1.165) is 40.2 Å². The molecule has 0 radical (unpaired) electrons. The fraction of sp³-hybridized carbons (Fsp3) is 0.286. The van der Waals surface area contributed by atoms with Gasteiger partial charge in [0.1, 0.15) is 30.3 Å². The number of benzene rings is 4. The zero-order valence-electron chi connectivity index (χ0n) is 23.7. The molecule has 2 unspecified atom stereocenters. The number of fused-ring (bicyclic) bond motifs is 1. The van der Waals surface area contributed by atoms with Crippen molar-refractivity contribution >= 4 is 5.97 Å². The van der Waals surface area contributed by atoms with E-state index in [1.807, 2.05) is 42.5 Å². The molecule has 212 valence electrons. The van der Waals surface area contributed by atoms with Gasteiger partial charge >= 0.3 is 5.97 Å². The van der Waals surface area contributed by atoms with E-state index < -0.39 is 12.0 Å². The van der Waals surface area contributed by atoms with Gasteiger partial charge < -0.3 is 20.3 Å². The summed E-state index contributed by atoms with van der Waals surface area (Å²) in [5.74, 6) is 0.681. The maximum Gasteiger partial charge on any atom is 0.320 e. The lowest BCUT2D eigenvalue weighted by Crippen LogP contribution is -2.38. The van der Waals surface area contributed by atoms with Crippen LogP contribution in [-0.4, -0.2) is 28.6 Å². The van der Waals surface area contributed by atoms with E-state index in [4.69, 9.17) is 15.2 Å². The molecule has 4 aromatic rings. The van der Waals surface area contributed by atoms with Crippen LogP contribution in [0.25, 0.3) is 0 Å². The van der Waals surface area contributed by atoms with Crippen molar-refractivity contribution in [1.29, 1.82) is 0 Å². The number of rotatable bonds is 11. The molecule has 1 aliphatic heterocycles. The monoisotopic (exact) mass is 550 g/mol. The number of aryl methyl sites for hydroxylation is 2. The number of carboxylic acid groups (broad SMARTS) is 1. The van der Waals surface area contributed by atoms with Gasteiger partial charge in [-0.1, -0.05) is 96.1 Å². The summed E-state index contributed by atoms with van der Waals surface area (Å²) >= 11 is 0. The quantitative estimate of drug-likeness (QED) is 0.215. The fourth-order valence-electron chi connectivity index (χ4n) is 5.55. The molecule has 0 saturated carbocycles. The predicted octanol–water partition coefficient (Wildman–Crippen LogP) is 6.75. The summed E-state index contributed by atoms with van der Waals surface area (Å²) in [6.45, 7) is 5.73. The standard InChI is InChI=1S/C35H38N2O4/c1-24-9-7-11-26(19-24)23-40-32-15-5-3-12-28(32)22-37(18-17-30(36)35(38)39)31-21-34(27-13-8-10-25(2)20-27)41-33-16-6-4-14-29(31)33/h3-16,19-20,30-31,34H,17-18,21-23,36H2,1-2H3,(H,38,39)/t30-,31?,34?/m0/s1. The molecule has 0 saturated heterocycles. The van der Waals surface area contributed by atoms with Crippen LogP contribution in [0.4, 0.5) is 0 Å². The minimum Gasteiger partial charge on any atom is -0.489 e. The number of carbonyl (C=O) groups is 1. The largest absolute Gasteiger partial charge is 0.489 e. The van der Waals surface area contributed by atoms with Crippen LogP contribution in [0.3, 0.4) is 0 Å². The molecule has 4 aromatic carbocycles. The zero-order chi connectivity index (χ0) is 28.8. The third-order valence-corrected chi connectivity index (χ3v) is 7.71. The average Bonchev–Trinajstić information content (AvgIpc) is 2.98. The minimum atomic E-state index is -0.989. The van der Waals surface area contributed by atoms with E-state index in [0.29, 0.717) is 26.1 Å². The van der Waals surface area contributed by atoms with Crippen molar-refractivity contribution in [2.24, 2.45) is 5.73 Å². The molecule has 0 bridgehead atoms. The minimum absolute atomic E-state index is 0.00344. The van der Waals surface area contributed by atoms with Gasteiger partial charge in [0, 0.05) is 36.7 Å². The predicted molar refractivity (Wildman–Crippen MR) is 161 cm³/mol. The number of hydrogen-bond acceptors (Lipinski definition) is 5. The van der Waals surface area contributed by atoms with Crippen LogP contribution in [-0.2, 0) is 17.9 Å². The molecule has 3 atom stereocenters. The van der Waals surface area contributed by atoms with E-state index in [2.05, 4.69) is 73.3 Å². The van der Waals surface area contributed by atoms with Gasteiger partial charge in [0.05, 0.1) is 0 Å². The highest BCUT2D eigenvalue weighted by molar-refractivity contribution is 5.73. The van der Waals surface area contributed by atoms with Crippen LogP contribution in [0, 0.1) is 13.8 Å². The van der Waals surface area contributed by atoms with Crippen LogP contribution < -0.4 is 15.2 Å². The zero-order valence-corrected chi connectivity index (χ0v) is 23.7. The van der Waals surface area contributed by atoms with Crippen LogP contribution in [0.15, 0.2) is 97.1 Å². The lowest BCUT2D eigenvalue weighted by Gasteiger charge is -2.39. The van der Waals surface area contributed by atoms with Crippen molar-refractivity contribution < 1.29 is 19.4 Å². The van der Waals surface area contributed by atoms with Gasteiger partial charge in [0.15, 0.2) is 0 Å². The molecule has 3 N–H and O–H groups in total. The van der Waals surface area contributed by atoms with Crippen molar-refractivity contribution in [2.75, 3.05) is 6.54 Å². The van der Waals surface area contributed by atoms with Gasteiger partial charge in [0.25, 0.3) is 0 Å². The van der Waals surface area contributed by atoms with Gasteiger partial charge in [0.2, 0.25) is 0 Å². The van der Waals surface area contributed by atoms with Crippen molar-refractivity contribution in [3.8, 4) is 11.5 Å². The first kappa shape index (κ1) is 28.4. The smallest absolute Gasteiger partial charge is 0.320 e. The summed E-state index contributed by atoms with van der Waals surface area (Å²) in [5, 5.41) is 9.53. The second-order valence-corrected chi connectivity index (χ2v) is 10.9. The number of ether oxygens (including phenoxy) is 2. The molecule has 5 rings (SSSR count). The van der Waals surface area contributed by atoms with E-state index in [1.165, 1.54) is 11.1 Å². The molecule has 6 nitrogen and oxygen atoms in total. The first-order chi connectivity index (χ1) is 19.9. The molecule has 0 aromatic heterocycles. The molecule has 0 amide bonds. The van der Waals surface area contributed by atoms with Crippen molar-refractivity contribution in [3.63, 3.8) is 0 Å². The Morgan fingerprint density at radius 3 is 2.49 bits per heavy atom. The van der Waals surface area contributed by atoms with Gasteiger partial charge in [-0.25, -0.2) is 0 Å².